The minimum absolute atomic E-state index is 0.0724. The zero-order valence-corrected chi connectivity index (χ0v) is 16.4. The third-order valence-corrected chi connectivity index (χ3v) is 5.97. The number of hydrogen-bond acceptors (Lipinski definition) is 3. The van der Waals surface area contributed by atoms with E-state index in [9.17, 15) is 8.42 Å². The average molecular weight is 375 g/mol. The van der Waals surface area contributed by atoms with E-state index in [1.165, 1.54) is 18.4 Å². The van der Waals surface area contributed by atoms with E-state index in [1.807, 2.05) is 43.3 Å². The number of benzene rings is 2. The summed E-state index contributed by atoms with van der Waals surface area (Å²) >= 11 is 0. The van der Waals surface area contributed by atoms with E-state index in [0.717, 1.165) is 5.56 Å². The number of guanidine groups is 1. The molecule has 0 heterocycles. The first-order valence-corrected chi connectivity index (χ1v) is 9.83. The van der Waals surface area contributed by atoms with Crippen LogP contribution >= 0.6 is 0 Å². The van der Waals surface area contributed by atoms with Crippen LogP contribution in [0.5, 0.6) is 0 Å². The summed E-state index contributed by atoms with van der Waals surface area (Å²) in [5, 5.41) is 6.51. The van der Waals surface area contributed by atoms with Gasteiger partial charge >= 0.3 is 0 Å². The van der Waals surface area contributed by atoms with Crippen LogP contribution in [0.1, 0.15) is 24.1 Å². The van der Waals surface area contributed by atoms with Crippen LogP contribution in [-0.2, 0) is 16.6 Å². The Balaban J connectivity index is 2.10. The smallest absolute Gasteiger partial charge is 0.242 e. The van der Waals surface area contributed by atoms with Crippen LogP contribution in [0.15, 0.2) is 64.5 Å². The molecular weight excluding hydrogens is 348 g/mol. The van der Waals surface area contributed by atoms with Gasteiger partial charge in [-0.1, -0.05) is 48.5 Å². The average Bonchev–Trinajstić information content (AvgIpc) is 2.65. The molecule has 0 saturated heterocycles. The summed E-state index contributed by atoms with van der Waals surface area (Å²) in [6.07, 6.45) is 0. The highest BCUT2D eigenvalue weighted by atomic mass is 32.2. The third-order valence-electron chi connectivity index (χ3n) is 4.05. The Bertz CT molecular complexity index is 849. The van der Waals surface area contributed by atoms with Gasteiger partial charge in [0, 0.05) is 27.7 Å². The normalized spacial score (nSPS) is 13.5. The lowest BCUT2D eigenvalue weighted by molar-refractivity contribution is 0.519. The number of nitrogens with one attached hydrogen (secondary N) is 2. The molecule has 0 bridgehead atoms. The molecule has 0 aliphatic heterocycles. The van der Waals surface area contributed by atoms with Crippen molar-refractivity contribution in [1.29, 1.82) is 0 Å². The maximum absolute atomic E-state index is 12.5. The van der Waals surface area contributed by atoms with Crippen molar-refractivity contribution in [2.75, 3.05) is 21.1 Å². The third kappa shape index (κ3) is 4.83. The maximum atomic E-state index is 12.5. The predicted octanol–water partition coefficient (Wildman–Crippen LogP) is 2.36. The Hall–Kier alpha value is -2.38. The molecule has 2 rings (SSSR count). The summed E-state index contributed by atoms with van der Waals surface area (Å²) in [7, 11) is 1.25. The Morgan fingerprint density at radius 1 is 1.08 bits per heavy atom. The molecule has 0 saturated carbocycles. The number of nitrogens with zero attached hydrogens (tertiary/aromatic N) is 2. The molecular formula is C19H26N4O2S. The van der Waals surface area contributed by atoms with E-state index < -0.39 is 10.0 Å². The first-order valence-electron chi connectivity index (χ1n) is 8.39. The predicted molar refractivity (Wildman–Crippen MR) is 106 cm³/mol. The summed E-state index contributed by atoms with van der Waals surface area (Å²) in [4.78, 5) is 4.53. The molecule has 0 aliphatic carbocycles. The fourth-order valence-corrected chi connectivity index (χ4v) is 3.62. The van der Waals surface area contributed by atoms with Gasteiger partial charge in [-0.25, -0.2) is 12.7 Å². The summed E-state index contributed by atoms with van der Waals surface area (Å²) in [6.45, 7) is 2.40. The van der Waals surface area contributed by atoms with E-state index in [1.54, 1.807) is 25.2 Å². The van der Waals surface area contributed by atoms with Crippen molar-refractivity contribution in [1.82, 2.24) is 14.9 Å². The monoisotopic (exact) mass is 374 g/mol. The van der Waals surface area contributed by atoms with Crippen LogP contribution in [0.4, 0.5) is 0 Å². The fraction of sp³-hybridized carbons (Fsp3) is 0.316. The second-order valence-electron chi connectivity index (χ2n) is 6.10. The van der Waals surface area contributed by atoms with Crippen molar-refractivity contribution in [3.8, 4) is 0 Å². The van der Waals surface area contributed by atoms with Gasteiger partial charge in [0.1, 0.15) is 0 Å². The lowest BCUT2D eigenvalue weighted by Gasteiger charge is -2.19. The highest BCUT2D eigenvalue weighted by molar-refractivity contribution is 7.89. The molecule has 0 aliphatic rings. The minimum atomic E-state index is -3.50. The summed E-state index contributed by atoms with van der Waals surface area (Å²) < 4.78 is 26.2. The van der Waals surface area contributed by atoms with Crippen molar-refractivity contribution < 1.29 is 8.42 Å². The Kier molecular flexibility index (Phi) is 6.76. The largest absolute Gasteiger partial charge is 0.352 e. The molecule has 2 aromatic carbocycles. The van der Waals surface area contributed by atoms with Crippen molar-refractivity contribution in [3.05, 3.63) is 65.7 Å². The standard InChI is InChI=1S/C19H26N4O2S/c1-15(16-10-6-5-7-11-16)22-19(20-2)21-14-17-12-8-9-13-18(17)26(24,25)23(3)4/h5-13,15H,14H2,1-4H3,(H2,20,21,22). The fourth-order valence-electron chi connectivity index (χ4n) is 2.50. The zero-order valence-electron chi connectivity index (χ0n) is 15.6. The molecule has 7 heteroatoms. The van der Waals surface area contributed by atoms with E-state index >= 15 is 0 Å². The maximum Gasteiger partial charge on any atom is 0.242 e. The van der Waals surface area contributed by atoms with Crippen molar-refractivity contribution in [2.24, 2.45) is 4.99 Å². The Morgan fingerprint density at radius 3 is 2.31 bits per heavy atom. The molecule has 0 amide bonds. The van der Waals surface area contributed by atoms with Crippen LogP contribution in [0.25, 0.3) is 0 Å². The first kappa shape index (κ1) is 19.9. The van der Waals surface area contributed by atoms with Crippen LogP contribution in [0.2, 0.25) is 0 Å². The molecule has 0 radical (unpaired) electrons. The lowest BCUT2D eigenvalue weighted by Crippen LogP contribution is -2.38. The van der Waals surface area contributed by atoms with Gasteiger partial charge in [0.25, 0.3) is 0 Å². The van der Waals surface area contributed by atoms with Gasteiger partial charge in [-0.05, 0) is 24.1 Å². The highest BCUT2D eigenvalue weighted by Crippen LogP contribution is 2.18. The molecule has 1 unspecified atom stereocenters. The molecule has 2 aromatic rings. The molecule has 0 fully saturated rings. The number of aliphatic imine (C=N–C) groups is 1. The van der Waals surface area contributed by atoms with E-state index in [2.05, 4.69) is 15.6 Å². The van der Waals surface area contributed by atoms with Crippen LogP contribution in [0.3, 0.4) is 0 Å². The van der Waals surface area contributed by atoms with E-state index in [-0.39, 0.29) is 6.04 Å². The van der Waals surface area contributed by atoms with Crippen molar-refractivity contribution >= 4 is 16.0 Å². The lowest BCUT2D eigenvalue weighted by atomic mass is 10.1. The van der Waals surface area contributed by atoms with Crippen LogP contribution in [-0.4, -0.2) is 39.8 Å². The van der Waals surface area contributed by atoms with Gasteiger partial charge < -0.3 is 10.6 Å². The van der Waals surface area contributed by atoms with Crippen molar-refractivity contribution in [3.63, 3.8) is 0 Å². The topological polar surface area (TPSA) is 73.8 Å². The SMILES string of the molecule is CN=C(NCc1ccccc1S(=O)(=O)N(C)C)NC(C)c1ccccc1. The van der Waals surface area contributed by atoms with Crippen LogP contribution < -0.4 is 10.6 Å². The van der Waals surface area contributed by atoms with Gasteiger partial charge in [0.15, 0.2) is 5.96 Å². The molecule has 2 N–H and O–H groups in total. The van der Waals surface area contributed by atoms with E-state index in [4.69, 9.17) is 0 Å². The molecule has 1 atom stereocenters. The molecule has 0 spiro atoms. The first-order chi connectivity index (χ1) is 12.4. The second-order valence-corrected chi connectivity index (χ2v) is 8.22. The van der Waals surface area contributed by atoms with E-state index in [0.29, 0.717) is 23.0 Å². The zero-order chi connectivity index (χ0) is 19.2. The molecule has 6 nitrogen and oxygen atoms in total. The number of rotatable bonds is 6. The van der Waals surface area contributed by atoms with Gasteiger partial charge in [-0.15, -0.1) is 0 Å². The van der Waals surface area contributed by atoms with Gasteiger partial charge in [0.05, 0.1) is 10.9 Å². The number of sulfonamides is 1. The Morgan fingerprint density at radius 2 is 1.69 bits per heavy atom. The van der Waals surface area contributed by atoms with Crippen molar-refractivity contribution in [2.45, 2.75) is 24.4 Å². The van der Waals surface area contributed by atoms with Gasteiger partial charge in [0.2, 0.25) is 10.0 Å². The quantitative estimate of drug-likeness (QED) is 0.601. The molecule has 26 heavy (non-hydrogen) atoms. The summed E-state index contributed by atoms with van der Waals surface area (Å²) in [5.41, 5.74) is 1.84. The van der Waals surface area contributed by atoms with Crippen LogP contribution in [0, 0.1) is 0 Å². The number of hydrogen-bond donors (Lipinski definition) is 2. The Labute approximate surface area is 156 Å². The second kappa shape index (κ2) is 8.82. The van der Waals surface area contributed by atoms with Gasteiger partial charge in [-0.3, -0.25) is 4.99 Å². The van der Waals surface area contributed by atoms with Gasteiger partial charge in [-0.2, -0.15) is 0 Å². The minimum Gasteiger partial charge on any atom is -0.352 e. The molecule has 0 aromatic heterocycles. The summed E-state index contributed by atoms with van der Waals surface area (Å²) in [5.74, 6) is 0.610. The summed E-state index contributed by atoms with van der Waals surface area (Å²) in [6, 6.07) is 17.1. The highest BCUT2D eigenvalue weighted by Gasteiger charge is 2.20. The molecule has 140 valence electrons.